The van der Waals surface area contributed by atoms with E-state index in [2.05, 4.69) is 9.71 Å². The second-order valence-electron chi connectivity index (χ2n) is 6.70. The summed E-state index contributed by atoms with van der Waals surface area (Å²) in [6.45, 7) is 3.83. The Balaban J connectivity index is 1.72. The molecule has 0 aliphatic heterocycles. The highest BCUT2D eigenvalue weighted by atomic mass is 32.2. The normalized spacial score (nSPS) is 11.4. The van der Waals surface area contributed by atoms with E-state index < -0.39 is 16.0 Å². The molecule has 8 heteroatoms. The molecule has 7 nitrogen and oxygen atoms in total. The second-order valence-corrected chi connectivity index (χ2v) is 8.47. The van der Waals surface area contributed by atoms with Crippen molar-refractivity contribution in [2.45, 2.75) is 31.6 Å². The van der Waals surface area contributed by atoms with Gasteiger partial charge in [-0.25, -0.2) is 22.9 Å². The fraction of sp³-hybridized carbons (Fsp3) is 0.273. The summed E-state index contributed by atoms with van der Waals surface area (Å²) in [6.07, 6.45) is 0.964. The van der Waals surface area contributed by atoms with Crippen LogP contribution in [0.15, 0.2) is 57.8 Å². The molecule has 0 radical (unpaired) electrons. The monoisotopic (exact) mass is 428 g/mol. The topological polar surface area (TPSA) is 98.5 Å². The van der Waals surface area contributed by atoms with Gasteiger partial charge in [0.2, 0.25) is 15.9 Å². The molecule has 158 valence electrons. The third kappa shape index (κ3) is 4.77. The lowest BCUT2D eigenvalue weighted by Crippen LogP contribution is -2.26. The van der Waals surface area contributed by atoms with Gasteiger partial charge in [0.1, 0.15) is 5.76 Å². The Morgan fingerprint density at radius 3 is 2.57 bits per heavy atom. The summed E-state index contributed by atoms with van der Waals surface area (Å²) < 4.78 is 38.4. The third-order valence-electron chi connectivity index (χ3n) is 4.75. The zero-order valence-corrected chi connectivity index (χ0v) is 18.0. The van der Waals surface area contributed by atoms with E-state index in [4.69, 9.17) is 9.15 Å². The fourth-order valence-corrected chi connectivity index (χ4v) is 4.14. The molecular weight excluding hydrogens is 404 g/mol. The highest BCUT2D eigenvalue weighted by Gasteiger charge is 2.19. The molecule has 0 aliphatic rings. The van der Waals surface area contributed by atoms with Crippen molar-refractivity contribution >= 4 is 16.0 Å². The maximum absolute atomic E-state index is 12.7. The molecular formula is C22H24N2O5S. The smallest absolute Gasteiger partial charge is 0.338 e. The van der Waals surface area contributed by atoms with Gasteiger partial charge < -0.3 is 9.15 Å². The summed E-state index contributed by atoms with van der Waals surface area (Å²) in [7, 11) is -2.53. The van der Waals surface area contributed by atoms with Crippen LogP contribution in [-0.4, -0.2) is 33.0 Å². The molecule has 1 heterocycles. The van der Waals surface area contributed by atoms with Crippen LogP contribution in [0.1, 0.15) is 34.3 Å². The molecule has 0 fully saturated rings. The Bertz CT molecular complexity index is 1140. The molecule has 2 aromatic carbocycles. The minimum atomic E-state index is -3.79. The average molecular weight is 429 g/mol. The predicted octanol–water partition coefficient (Wildman–Crippen LogP) is 3.52. The molecule has 0 aliphatic carbocycles. The SMILES string of the molecule is CCc1ccc(S(=O)(=O)NCCc2nc(-c3ccccc3)oc2C)cc1C(=O)OC. The number of hydrogen-bond acceptors (Lipinski definition) is 6. The van der Waals surface area contributed by atoms with E-state index in [1.54, 1.807) is 13.0 Å². The van der Waals surface area contributed by atoms with Crippen molar-refractivity contribution in [3.63, 3.8) is 0 Å². The van der Waals surface area contributed by atoms with Gasteiger partial charge in [0, 0.05) is 18.5 Å². The molecule has 1 aromatic heterocycles. The van der Waals surface area contributed by atoms with Gasteiger partial charge in [-0.05, 0) is 43.2 Å². The van der Waals surface area contributed by atoms with Crippen LogP contribution in [0, 0.1) is 6.92 Å². The Labute approximate surface area is 176 Å². The van der Waals surface area contributed by atoms with E-state index in [9.17, 15) is 13.2 Å². The molecule has 3 rings (SSSR count). The molecule has 0 bridgehead atoms. The number of aromatic nitrogens is 1. The van der Waals surface area contributed by atoms with Crippen LogP contribution >= 0.6 is 0 Å². The number of aryl methyl sites for hydroxylation is 2. The summed E-state index contributed by atoms with van der Waals surface area (Å²) in [4.78, 5) is 16.5. The molecule has 0 saturated heterocycles. The number of benzene rings is 2. The van der Waals surface area contributed by atoms with Crippen molar-refractivity contribution in [3.05, 3.63) is 71.1 Å². The van der Waals surface area contributed by atoms with E-state index in [0.717, 1.165) is 11.1 Å². The number of oxazole rings is 1. The first-order valence-electron chi connectivity index (χ1n) is 9.58. The van der Waals surface area contributed by atoms with Crippen LogP contribution in [0.25, 0.3) is 11.5 Å². The van der Waals surface area contributed by atoms with E-state index in [1.165, 1.54) is 19.2 Å². The number of sulfonamides is 1. The Hall–Kier alpha value is -2.97. The van der Waals surface area contributed by atoms with Crippen LogP contribution in [0.5, 0.6) is 0 Å². The fourth-order valence-electron chi connectivity index (χ4n) is 3.08. The predicted molar refractivity (Wildman–Crippen MR) is 113 cm³/mol. The van der Waals surface area contributed by atoms with Crippen LogP contribution in [0.2, 0.25) is 0 Å². The number of rotatable bonds is 8. The molecule has 0 saturated carbocycles. The molecule has 0 amide bonds. The highest BCUT2D eigenvalue weighted by molar-refractivity contribution is 7.89. The Kier molecular flexibility index (Phi) is 6.69. The van der Waals surface area contributed by atoms with Gasteiger partial charge in [-0.1, -0.05) is 31.2 Å². The first kappa shape index (κ1) is 21.7. The van der Waals surface area contributed by atoms with Crippen molar-refractivity contribution in [1.29, 1.82) is 0 Å². The molecule has 30 heavy (non-hydrogen) atoms. The number of esters is 1. The van der Waals surface area contributed by atoms with Crippen LogP contribution in [0.4, 0.5) is 0 Å². The van der Waals surface area contributed by atoms with Crippen LogP contribution < -0.4 is 4.72 Å². The van der Waals surface area contributed by atoms with Crippen molar-refractivity contribution in [3.8, 4) is 11.5 Å². The maximum Gasteiger partial charge on any atom is 0.338 e. The summed E-state index contributed by atoms with van der Waals surface area (Å²) in [5.41, 5.74) is 2.53. The average Bonchev–Trinajstić information content (AvgIpc) is 3.13. The Morgan fingerprint density at radius 2 is 1.90 bits per heavy atom. The van der Waals surface area contributed by atoms with Gasteiger partial charge >= 0.3 is 5.97 Å². The van der Waals surface area contributed by atoms with Crippen LogP contribution in [-0.2, 0) is 27.6 Å². The first-order chi connectivity index (χ1) is 14.4. The quantitative estimate of drug-likeness (QED) is 0.551. The van der Waals surface area contributed by atoms with Crippen molar-refractivity contribution < 1.29 is 22.4 Å². The zero-order valence-electron chi connectivity index (χ0n) is 17.1. The zero-order chi connectivity index (χ0) is 21.7. The summed E-state index contributed by atoms with van der Waals surface area (Å²) in [5, 5.41) is 0. The number of ether oxygens (including phenoxy) is 1. The highest BCUT2D eigenvalue weighted by Crippen LogP contribution is 2.22. The van der Waals surface area contributed by atoms with Gasteiger partial charge in [0.25, 0.3) is 0 Å². The van der Waals surface area contributed by atoms with E-state index >= 15 is 0 Å². The molecule has 0 spiro atoms. The van der Waals surface area contributed by atoms with Crippen molar-refractivity contribution in [2.24, 2.45) is 0 Å². The number of nitrogens with zero attached hydrogens (tertiary/aromatic N) is 1. The number of nitrogens with one attached hydrogen (secondary N) is 1. The van der Waals surface area contributed by atoms with E-state index in [1.807, 2.05) is 37.3 Å². The summed E-state index contributed by atoms with van der Waals surface area (Å²) in [6, 6.07) is 14.0. The number of methoxy groups -OCH3 is 1. The second kappa shape index (κ2) is 9.23. The first-order valence-corrected chi connectivity index (χ1v) is 11.1. The van der Waals surface area contributed by atoms with E-state index in [-0.39, 0.29) is 17.0 Å². The van der Waals surface area contributed by atoms with Crippen LogP contribution in [0.3, 0.4) is 0 Å². The minimum absolute atomic E-state index is 0.0157. The minimum Gasteiger partial charge on any atom is -0.465 e. The Morgan fingerprint density at radius 1 is 1.17 bits per heavy atom. The van der Waals surface area contributed by atoms with Gasteiger partial charge in [-0.2, -0.15) is 0 Å². The molecule has 0 atom stereocenters. The lowest BCUT2D eigenvalue weighted by molar-refractivity contribution is 0.0599. The van der Waals surface area contributed by atoms with Crippen molar-refractivity contribution in [2.75, 3.05) is 13.7 Å². The summed E-state index contributed by atoms with van der Waals surface area (Å²) >= 11 is 0. The lowest BCUT2D eigenvalue weighted by atomic mass is 10.1. The maximum atomic E-state index is 12.7. The molecule has 3 aromatic rings. The van der Waals surface area contributed by atoms with Gasteiger partial charge in [-0.3, -0.25) is 0 Å². The molecule has 0 unspecified atom stereocenters. The summed E-state index contributed by atoms with van der Waals surface area (Å²) in [5.74, 6) is 0.590. The number of carbonyl (C=O) groups excluding carboxylic acids is 1. The van der Waals surface area contributed by atoms with Gasteiger partial charge in [0.15, 0.2) is 0 Å². The lowest BCUT2D eigenvalue weighted by Gasteiger charge is -2.10. The van der Waals surface area contributed by atoms with Gasteiger partial charge in [0.05, 0.1) is 23.3 Å². The largest absolute Gasteiger partial charge is 0.465 e. The number of carbonyl (C=O) groups is 1. The van der Waals surface area contributed by atoms with Crippen molar-refractivity contribution in [1.82, 2.24) is 9.71 Å². The van der Waals surface area contributed by atoms with E-state index in [0.29, 0.717) is 30.2 Å². The molecule has 1 N–H and O–H groups in total. The van der Waals surface area contributed by atoms with Gasteiger partial charge in [-0.15, -0.1) is 0 Å². The third-order valence-corrected chi connectivity index (χ3v) is 6.20. The number of hydrogen-bond donors (Lipinski definition) is 1. The standard InChI is InChI=1S/C22H24N2O5S/c1-4-16-10-11-18(14-19(16)22(25)28-3)30(26,27)23-13-12-20-15(2)29-21(24-20)17-8-6-5-7-9-17/h5-11,14,23H,4,12-13H2,1-3H3.